The summed E-state index contributed by atoms with van der Waals surface area (Å²) in [5, 5.41) is 21.5. The molecule has 0 radical (unpaired) electrons. The maximum absolute atomic E-state index is 11.5. The van der Waals surface area contributed by atoms with Crippen LogP contribution in [0, 0.1) is 0 Å². The average molecular weight is 397 g/mol. The van der Waals surface area contributed by atoms with Crippen LogP contribution >= 0.6 is 31.9 Å². The molecule has 0 spiro atoms. The highest BCUT2D eigenvalue weighted by molar-refractivity contribution is 9.13. The molecule has 0 aromatic carbocycles. The first-order valence-electron chi connectivity index (χ1n) is 5.18. The van der Waals surface area contributed by atoms with Gasteiger partial charge in [0.05, 0.1) is 8.96 Å². The number of halogens is 2. The van der Waals surface area contributed by atoms with Crippen molar-refractivity contribution in [2.24, 2.45) is 0 Å². The van der Waals surface area contributed by atoms with Crippen molar-refractivity contribution >= 4 is 49.5 Å². The van der Waals surface area contributed by atoms with Gasteiger partial charge in [-0.05, 0) is 44.0 Å². The summed E-state index contributed by atoms with van der Waals surface area (Å²) in [5.74, 6) is -2.14. The van der Waals surface area contributed by atoms with E-state index < -0.39 is 23.5 Å². The molecule has 0 fully saturated rings. The van der Waals surface area contributed by atoms with Gasteiger partial charge in [0.2, 0.25) is 11.7 Å². The first-order chi connectivity index (χ1) is 8.64. The Bertz CT molecular complexity index is 475. The van der Waals surface area contributed by atoms with Crippen molar-refractivity contribution in [3.63, 3.8) is 0 Å². The lowest BCUT2D eigenvalue weighted by Gasteiger charge is -2.28. The third-order valence-corrected chi connectivity index (χ3v) is 3.57. The zero-order chi connectivity index (χ0) is 14.8. The highest BCUT2D eigenvalue weighted by Crippen LogP contribution is 2.32. The topological polar surface area (TPSA) is 104 Å². The minimum absolute atomic E-state index is 0.122. The predicted octanol–water partition coefficient (Wildman–Crippen LogP) is 0.837. The quantitative estimate of drug-likeness (QED) is 0.653. The smallest absolute Gasteiger partial charge is 0.326 e. The summed E-state index contributed by atoms with van der Waals surface area (Å²) in [6, 6.07) is -1.26. The van der Waals surface area contributed by atoms with Gasteiger partial charge < -0.3 is 15.5 Å². The summed E-state index contributed by atoms with van der Waals surface area (Å²) in [6.45, 7) is 1.18. The van der Waals surface area contributed by atoms with Crippen LogP contribution in [0.3, 0.4) is 0 Å². The molecule has 6 nitrogen and oxygen atoms in total. The fraction of sp³-hybridized carbons (Fsp3) is 0.364. The summed E-state index contributed by atoms with van der Waals surface area (Å²) < 4.78 is 0.243. The van der Waals surface area contributed by atoms with Crippen molar-refractivity contribution in [2.75, 3.05) is 0 Å². The number of carbonyl (C=O) groups is 3. The van der Waals surface area contributed by atoms with Crippen molar-refractivity contribution in [3.05, 3.63) is 21.1 Å². The van der Waals surface area contributed by atoms with Crippen molar-refractivity contribution < 1.29 is 24.6 Å². The number of amides is 1. The number of nitrogens with one attached hydrogen (secondary N) is 1. The Labute approximate surface area is 125 Å². The number of hydrogen-bond donors (Lipinski definition) is 3. The minimum atomic E-state index is -1.64. The Morgan fingerprint density at radius 2 is 1.84 bits per heavy atom. The van der Waals surface area contributed by atoms with Crippen molar-refractivity contribution in [1.82, 2.24) is 5.32 Å². The number of carboxylic acid groups (broad SMARTS) is 1. The van der Waals surface area contributed by atoms with E-state index >= 15 is 0 Å². The van der Waals surface area contributed by atoms with Crippen molar-refractivity contribution in [2.45, 2.75) is 25.0 Å². The standard InChI is InChI=1S/C11H11Br2NO5/c1-5(15)14-8(10(17)18)4-11(19)2-6(12)9(16)7(13)3-11/h2-3,8,19H,4H2,1H3,(H,14,15)(H,17,18)/t8-/m0/s1. The molecule has 104 valence electrons. The largest absolute Gasteiger partial charge is 0.480 e. The van der Waals surface area contributed by atoms with Gasteiger partial charge in [0.15, 0.2) is 0 Å². The molecule has 1 atom stereocenters. The highest BCUT2D eigenvalue weighted by Gasteiger charge is 2.35. The van der Waals surface area contributed by atoms with Crippen LogP contribution in [0.15, 0.2) is 21.1 Å². The Morgan fingerprint density at radius 3 is 2.21 bits per heavy atom. The Hall–Kier alpha value is -0.990. The SMILES string of the molecule is CC(=O)N[C@@H](CC1(O)C=C(Br)C(=O)C(Br)=C1)C(=O)O. The van der Waals surface area contributed by atoms with E-state index in [0.717, 1.165) is 0 Å². The molecule has 0 aromatic heterocycles. The molecule has 0 unspecified atom stereocenters. The van der Waals surface area contributed by atoms with Gasteiger partial charge in [-0.1, -0.05) is 0 Å². The molecule has 1 aliphatic carbocycles. The van der Waals surface area contributed by atoms with Crippen LogP contribution in [0.5, 0.6) is 0 Å². The zero-order valence-electron chi connectivity index (χ0n) is 9.81. The van der Waals surface area contributed by atoms with E-state index in [-0.39, 0.29) is 21.2 Å². The zero-order valence-corrected chi connectivity index (χ0v) is 13.0. The highest BCUT2D eigenvalue weighted by atomic mass is 79.9. The summed E-state index contributed by atoms with van der Waals surface area (Å²) in [5.41, 5.74) is -1.64. The maximum atomic E-state index is 11.5. The molecule has 1 rings (SSSR count). The number of aliphatic hydroxyl groups is 1. The van der Waals surface area contributed by atoms with Crippen molar-refractivity contribution in [3.8, 4) is 0 Å². The summed E-state index contributed by atoms with van der Waals surface area (Å²) in [4.78, 5) is 33.4. The lowest BCUT2D eigenvalue weighted by atomic mass is 9.90. The molecular formula is C11H11Br2NO5. The van der Waals surface area contributed by atoms with Crippen LogP contribution in [0.25, 0.3) is 0 Å². The number of allylic oxidation sites excluding steroid dienone is 2. The molecule has 3 N–H and O–H groups in total. The molecule has 0 heterocycles. The summed E-state index contributed by atoms with van der Waals surface area (Å²) in [6.07, 6.45) is 2.12. The van der Waals surface area contributed by atoms with Gasteiger partial charge in [0, 0.05) is 13.3 Å². The molecule has 0 saturated heterocycles. The molecule has 19 heavy (non-hydrogen) atoms. The number of hydrogen-bond acceptors (Lipinski definition) is 4. The van der Waals surface area contributed by atoms with E-state index in [1.54, 1.807) is 0 Å². The van der Waals surface area contributed by atoms with E-state index in [4.69, 9.17) is 5.11 Å². The maximum Gasteiger partial charge on any atom is 0.326 e. The number of ketones is 1. The van der Waals surface area contributed by atoms with Gasteiger partial charge in [-0.25, -0.2) is 4.79 Å². The minimum Gasteiger partial charge on any atom is -0.480 e. The number of aliphatic carboxylic acids is 1. The van der Waals surface area contributed by atoms with E-state index in [1.165, 1.54) is 19.1 Å². The normalized spacial score (nSPS) is 19.3. The summed E-state index contributed by atoms with van der Waals surface area (Å²) in [7, 11) is 0. The number of carbonyl (C=O) groups excluding carboxylic acids is 2. The van der Waals surface area contributed by atoms with Crippen LogP contribution in [0.2, 0.25) is 0 Å². The second-order valence-electron chi connectivity index (χ2n) is 4.10. The second-order valence-corrected chi connectivity index (χ2v) is 5.81. The van der Waals surface area contributed by atoms with Crippen LogP contribution in [-0.2, 0) is 14.4 Å². The van der Waals surface area contributed by atoms with Gasteiger partial charge in [-0.15, -0.1) is 0 Å². The van der Waals surface area contributed by atoms with Gasteiger partial charge in [0.25, 0.3) is 0 Å². The Morgan fingerprint density at radius 1 is 1.37 bits per heavy atom. The Balaban J connectivity index is 2.98. The fourth-order valence-electron chi connectivity index (χ4n) is 1.62. The van der Waals surface area contributed by atoms with Crippen LogP contribution in [0.1, 0.15) is 13.3 Å². The van der Waals surface area contributed by atoms with E-state index in [1.807, 2.05) is 0 Å². The van der Waals surface area contributed by atoms with Crippen LogP contribution in [0.4, 0.5) is 0 Å². The molecular weight excluding hydrogens is 386 g/mol. The molecule has 0 aromatic rings. The average Bonchev–Trinajstić information content (AvgIpc) is 2.24. The molecule has 0 aliphatic heterocycles. The van der Waals surface area contributed by atoms with Crippen molar-refractivity contribution in [1.29, 1.82) is 0 Å². The number of carboxylic acids is 1. The fourth-order valence-corrected chi connectivity index (χ4v) is 3.10. The molecule has 0 bridgehead atoms. The van der Waals surface area contributed by atoms with E-state index in [0.29, 0.717) is 0 Å². The lowest BCUT2D eigenvalue weighted by Crippen LogP contribution is -2.45. The predicted molar refractivity (Wildman–Crippen MR) is 73.8 cm³/mol. The first kappa shape index (κ1) is 16.1. The van der Waals surface area contributed by atoms with Gasteiger partial charge in [-0.2, -0.15) is 0 Å². The second kappa shape index (κ2) is 5.98. The van der Waals surface area contributed by atoms with Crippen LogP contribution < -0.4 is 5.32 Å². The molecule has 1 amide bonds. The van der Waals surface area contributed by atoms with Crippen LogP contribution in [-0.4, -0.2) is 39.5 Å². The summed E-state index contributed by atoms with van der Waals surface area (Å²) >= 11 is 5.99. The Kier molecular flexibility index (Phi) is 5.05. The first-order valence-corrected chi connectivity index (χ1v) is 6.77. The third kappa shape index (κ3) is 4.26. The molecule has 0 saturated carbocycles. The van der Waals surface area contributed by atoms with E-state index in [9.17, 15) is 19.5 Å². The number of rotatable bonds is 4. The van der Waals surface area contributed by atoms with Gasteiger partial charge in [-0.3, -0.25) is 9.59 Å². The van der Waals surface area contributed by atoms with E-state index in [2.05, 4.69) is 37.2 Å². The van der Waals surface area contributed by atoms with Gasteiger partial charge in [0.1, 0.15) is 11.6 Å². The molecule has 1 aliphatic rings. The molecule has 8 heteroatoms. The third-order valence-electron chi connectivity index (χ3n) is 2.39. The lowest BCUT2D eigenvalue weighted by molar-refractivity contribution is -0.142. The number of Topliss-reactive ketones (excluding diaryl/α,β-unsaturated/α-hetero) is 1. The monoisotopic (exact) mass is 395 g/mol. The van der Waals surface area contributed by atoms with Gasteiger partial charge >= 0.3 is 5.97 Å².